The summed E-state index contributed by atoms with van der Waals surface area (Å²) in [4.78, 5) is 0.0397. The maximum atomic E-state index is 11.8. The van der Waals surface area contributed by atoms with Gasteiger partial charge >= 0.3 is 0 Å². The van der Waals surface area contributed by atoms with Crippen LogP contribution in [0.2, 0.25) is 0 Å². The highest BCUT2D eigenvalue weighted by atomic mass is 79.9. The maximum absolute atomic E-state index is 11.8. The Morgan fingerprint density at radius 2 is 2.19 bits per heavy atom. The van der Waals surface area contributed by atoms with Crippen molar-refractivity contribution < 1.29 is 18.3 Å². The molecule has 0 heterocycles. The van der Waals surface area contributed by atoms with E-state index in [0.29, 0.717) is 4.47 Å². The molecule has 0 amide bonds. The lowest BCUT2D eigenvalue weighted by molar-refractivity contribution is 0.301. The summed E-state index contributed by atoms with van der Waals surface area (Å²) in [5.74, 6) is 0.258. The van der Waals surface area contributed by atoms with Crippen molar-refractivity contribution in [3.8, 4) is 5.75 Å². The largest absolute Gasteiger partial charge is 0.495 e. The minimum atomic E-state index is -3.65. The second kappa shape index (κ2) is 5.62. The summed E-state index contributed by atoms with van der Waals surface area (Å²) in [6.07, 6.45) is 0. The number of nitrogens with one attached hydrogen (secondary N) is 1. The lowest BCUT2D eigenvalue weighted by Crippen LogP contribution is -2.27. The van der Waals surface area contributed by atoms with Gasteiger partial charge in [-0.1, -0.05) is 15.9 Å². The van der Waals surface area contributed by atoms with E-state index in [-0.39, 0.29) is 23.8 Å². The average Bonchev–Trinajstić information content (AvgIpc) is 2.26. The van der Waals surface area contributed by atoms with E-state index in [4.69, 9.17) is 9.84 Å². The first-order valence-corrected chi connectivity index (χ1v) is 6.73. The first-order valence-electron chi connectivity index (χ1n) is 4.45. The highest BCUT2D eigenvalue weighted by molar-refractivity contribution is 9.10. The molecule has 1 aromatic carbocycles. The zero-order valence-corrected chi connectivity index (χ0v) is 11.0. The van der Waals surface area contributed by atoms with E-state index in [1.807, 2.05) is 0 Å². The summed E-state index contributed by atoms with van der Waals surface area (Å²) in [6, 6.07) is 4.68. The second-order valence-electron chi connectivity index (χ2n) is 2.92. The average molecular weight is 310 g/mol. The van der Waals surface area contributed by atoms with Crippen LogP contribution in [0.4, 0.5) is 0 Å². The third-order valence-electron chi connectivity index (χ3n) is 1.82. The normalized spacial score (nSPS) is 11.4. The van der Waals surface area contributed by atoms with Crippen molar-refractivity contribution in [2.45, 2.75) is 4.90 Å². The summed E-state index contributed by atoms with van der Waals surface area (Å²) in [5.41, 5.74) is 0. The molecule has 90 valence electrons. The van der Waals surface area contributed by atoms with Gasteiger partial charge in [-0.3, -0.25) is 0 Å². The van der Waals surface area contributed by atoms with E-state index < -0.39 is 10.0 Å². The zero-order chi connectivity index (χ0) is 12.2. The highest BCUT2D eigenvalue weighted by Crippen LogP contribution is 2.26. The topological polar surface area (TPSA) is 75.6 Å². The molecule has 0 bridgehead atoms. The first-order chi connectivity index (χ1) is 7.51. The third-order valence-corrected chi connectivity index (χ3v) is 3.79. The summed E-state index contributed by atoms with van der Waals surface area (Å²) >= 11 is 3.19. The van der Waals surface area contributed by atoms with E-state index in [1.54, 1.807) is 12.1 Å². The highest BCUT2D eigenvalue weighted by Gasteiger charge is 2.18. The van der Waals surface area contributed by atoms with Crippen molar-refractivity contribution >= 4 is 26.0 Å². The number of benzene rings is 1. The molecular weight excluding hydrogens is 298 g/mol. The molecule has 0 radical (unpaired) electrons. The van der Waals surface area contributed by atoms with Gasteiger partial charge in [0.2, 0.25) is 10.0 Å². The van der Waals surface area contributed by atoms with Crippen molar-refractivity contribution in [1.82, 2.24) is 4.72 Å². The van der Waals surface area contributed by atoms with E-state index >= 15 is 0 Å². The number of ether oxygens (including phenoxy) is 1. The Bertz CT molecular complexity index is 461. The SMILES string of the molecule is COc1ccc(Br)cc1S(=O)(=O)NCCO. The molecule has 2 N–H and O–H groups in total. The van der Waals surface area contributed by atoms with Gasteiger partial charge in [-0.2, -0.15) is 0 Å². The molecule has 0 aliphatic carbocycles. The van der Waals surface area contributed by atoms with Crippen LogP contribution in [0, 0.1) is 0 Å². The Balaban J connectivity index is 3.15. The molecule has 0 aliphatic rings. The lowest BCUT2D eigenvalue weighted by atomic mass is 10.3. The van der Waals surface area contributed by atoms with Gasteiger partial charge in [0.15, 0.2) is 0 Å². The van der Waals surface area contributed by atoms with Gasteiger partial charge in [-0.15, -0.1) is 0 Å². The first kappa shape index (κ1) is 13.4. The van der Waals surface area contributed by atoms with E-state index in [1.165, 1.54) is 13.2 Å². The molecule has 0 saturated carbocycles. The predicted octanol–water partition coefficient (Wildman–Crippen LogP) is 0.728. The smallest absolute Gasteiger partial charge is 0.244 e. The molecule has 1 rings (SSSR count). The van der Waals surface area contributed by atoms with Gasteiger partial charge in [-0.05, 0) is 18.2 Å². The molecule has 0 unspecified atom stereocenters. The fraction of sp³-hybridized carbons (Fsp3) is 0.333. The Labute approximate surface area is 103 Å². The van der Waals surface area contributed by atoms with E-state index in [0.717, 1.165) is 0 Å². The minimum Gasteiger partial charge on any atom is -0.495 e. The van der Waals surface area contributed by atoms with Crippen LogP contribution in [-0.4, -0.2) is 33.8 Å². The fourth-order valence-corrected chi connectivity index (χ4v) is 2.84. The molecule has 0 spiro atoms. The quantitative estimate of drug-likeness (QED) is 0.841. The second-order valence-corrected chi connectivity index (χ2v) is 5.57. The molecule has 5 nitrogen and oxygen atoms in total. The predicted molar refractivity (Wildman–Crippen MR) is 63.0 cm³/mol. The fourth-order valence-electron chi connectivity index (χ4n) is 1.12. The van der Waals surface area contributed by atoms with Crippen molar-refractivity contribution in [2.24, 2.45) is 0 Å². The number of hydrogen-bond acceptors (Lipinski definition) is 4. The molecular formula is C9H12BrNO4S. The van der Waals surface area contributed by atoms with Gasteiger partial charge in [-0.25, -0.2) is 13.1 Å². The molecule has 0 saturated heterocycles. The van der Waals surface area contributed by atoms with Crippen molar-refractivity contribution in [3.05, 3.63) is 22.7 Å². The molecule has 0 aliphatic heterocycles. The summed E-state index contributed by atoms with van der Waals surface area (Å²) in [7, 11) is -2.26. The lowest BCUT2D eigenvalue weighted by Gasteiger charge is -2.10. The molecule has 16 heavy (non-hydrogen) atoms. The number of halogens is 1. The minimum absolute atomic E-state index is 0.0298. The van der Waals surface area contributed by atoms with Crippen LogP contribution >= 0.6 is 15.9 Å². The summed E-state index contributed by atoms with van der Waals surface area (Å²) in [5, 5.41) is 8.59. The van der Waals surface area contributed by atoms with Crippen molar-refractivity contribution in [1.29, 1.82) is 0 Å². The Hall–Kier alpha value is -0.630. The summed E-state index contributed by atoms with van der Waals surface area (Å²) in [6.45, 7) is -0.284. The molecule has 0 aromatic heterocycles. The Morgan fingerprint density at radius 1 is 1.50 bits per heavy atom. The van der Waals surface area contributed by atoms with Crippen molar-refractivity contribution in [3.63, 3.8) is 0 Å². The number of rotatable bonds is 5. The van der Waals surface area contributed by atoms with Crippen LogP contribution in [-0.2, 0) is 10.0 Å². The molecule has 0 fully saturated rings. The van der Waals surface area contributed by atoms with Crippen LogP contribution in [0.3, 0.4) is 0 Å². The molecule has 1 aromatic rings. The maximum Gasteiger partial charge on any atom is 0.244 e. The van der Waals surface area contributed by atoms with E-state index in [9.17, 15) is 8.42 Å². The standard InChI is InChI=1S/C9H12BrNO4S/c1-15-8-3-2-7(10)6-9(8)16(13,14)11-4-5-12/h2-3,6,11-12H,4-5H2,1H3. The Morgan fingerprint density at radius 3 is 2.75 bits per heavy atom. The Kier molecular flexibility index (Phi) is 4.72. The van der Waals surface area contributed by atoms with Gasteiger partial charge in [0.05, 0.1) is 13.7 Å². The van der Waals surface area contributed by atoms with Gasteiger partial charge in [0.25, 0.3) is 0 Å². The summed E-state index contributed by atoms with van der Waals surface area (Å²) < 4.78 is 31.4. The van der Waals surface area contributed by atoms with Crippen LogP contribution in [0.15, 0.2) is 27.6 Å². The van der Waals surface area contributed by atoms with Gasteiger partial charge < -0.3 is 9.84 Å². The molecule has 0 atom stereocenters. The molecule has 7 heteroatoms. The number of methoxy groups -OCH3 is 1. The number of sulfonamides is 1. The van der Waals surface area contributed by atoms with Crippen LogP contribution in [0.25, 0.3) is 0 Å². The van der Waals surface area contributed by atoms with Gasteiger partial charge in [0, 0.05) is 11.0 Å². The number of aliphatic hydroxyl groups is 1. The van der Waals surface area contributed by atoms with Crippen molar-refractivity contribution in [2.75, 3.05) is 20.3 Å². The number of aliphatic hydroxyl groups excluding tert-OH is 1. The van der Waals surface area contributed by atoms with Crippen LogP contribution in [0.5, 0.6) is 5.75 Å². The monoisotopic (exact) mass is 309 g/mol. The van der Waals surface area contributed by atoms with Crippen LogP contribution < -0.4 is 9.46 Å². The van der Waals surface area contributed by atoms with Gasteiger partial charge in [0.1, 0.15) is 10.6 Å². The zero-order valence-electron chi connectivity index (χ0n) is 8.60. The third kappa shape index (κ3) is 3.18. The van der Waals surface area contributed by atoms with E-state index in [2.05, 4.69) is 20.7 Å². The van der Waals surface area contributed by atoms with Crippen LogP contribution in [0.1, 0.15) is 0 Å². The number of hydrogen-bond donors (Lipinski definition) is 2.